The molecule has 1 aromatic heterocycles. The van der Waals surface area contributed by atoms with Gasteiger partial charge in [0.15, 0.2) is 0 Å². The number of benzene rings is 2. The Bertz CT molecular complexity index is 1010. The summed E-state index contributed by atoms with van der Waals surface area (Å²) in [5, 5.41) is 0.609. The minimum atomic E-state index is 0. The van der Waals surface area contributed by atoms with Crippen molar-refractivity contribution in [3.8, 4) is 0 Å². The van der Waals surface area contributed by atoms with Crippen LogP contribution in [0.15, 0.2) is 46.4 Å². The summed E-state index contributed by atoms with van der Waals surface area (Å²) in [7, 11) is 0. The molecule has 33 heavy (non-hydrogen) atoms. The molecule has 0 unspecified atom stereocenters. The van der Waals surface area contributed by atoms with Gasteiger partial charge in [0, 0.05) is 23.6 Å². The van der Waals surface area contributed by atoms with Gasteiger partial charge in [-0.25, -0.2) is 4.98 Å². The van der Waals surface area contributed by atoms with E-state index in [9.17, 15) is 0 Å². The molecule has 1 heterocycles. The molecule has 0 spiro atoms. The van der Waals surface area contributed by atoms with Gasteiger partial charge in [0.1, 0.15) is 0 Å². The SMILES string of the molecule is Cc1cc(C)c(N=Cc2cc(Cl)cc(C=Nc3c(C)cc(C)cc3C)n2)c(C)c1.[Cl-].[Cl-].[Cl-].[V]. The van der Waals surface area contributed by atoms with E-state index in [4.69, 9.17) is 11.6 Å². The number of hydrogen-bond donors (Lipinski definition) is 0. The molecule has 0 aliphatic rings. The van der Waals surface area contributed by atoms with E-state index in [1.54, 1.807) is 12.4 Å². The van der Waals surface area contributed by atoms with Crippen molar-refractivity contribution in [3.63, 3.8) is 0 Å². The van der Waals surface area contributed by atoms with Crippen LogP contribution in [-0.4, -0.2) is 17.4 Å². The number of hydrogen-bond acceptors (Lipinski definition) is 3. The van der Waals surface area contributed by atoms with Gasteiger partial charge in [-0.2, -0.15) is 0 Å². The number of nitrogens with zero attached hydrogens (tertiary/aromatic N) is 3. The van der Waals surface area contributed by atoms with Gasteiger partial charge in [0.25, 0.3) is 0 Å². The fourth-order valence-electron chi connectivity index (χ4n) is 3.68. The number of halogens is 4. The zero-order valence-electron chi connectivity index (χ0n) is 19.4. The Morgan fingerprint density at radius 2 is 0.909 bits per heavy atom. The molecule has 1 radical (unpaired) electrons. The minimum Gasteiger partial charge on any atom is -1.00 e. The summed E-state index contributed by atoms with van der Waals surface area (Å²) in [6, 6.07) is 12.2. The Labute approximate surface area is 232 Å². The Morgan fingerprint density at radius 3 is 1.21 bits per heavy atom. The van der Waals surface area contributed by atoms with E-state index in [1.165, 1.54) is 11.1 Å². The molecule has 0 saturated carbocycles. The number of pyridine rings is 1. The fourth-order valence-corrected chi connectivity index (χ4v) is 3.91. The summed E-state index contributed by atoms with van der Waals surface area (Å²) in [4.78, 5) is 14.0. The molecule has 0 bridgehead atoms. The topological polar surface area (TPSA) is 37.6 Å². The van der Waals surface area contributed by atoms with E-state index in [-0.39, 0.29) is 55.8 Å². The van der Waals surface area contributed by atoms with Crippen LogP contribution in [0.4, 0.5) is 11.4 Å². The van der Waals surface area contributed by atoms with Crippen molar-refractivity contribution in [3.05, 3.63) is 86.2 Å². The van der Waals surface area contributed by atoms with Crippen LogP contribution in [-0.2, 0) is 18.6 Å². The number of aromatic nitrogens is 1. The van der Waals surface area contributed by atoms with Crippen molar-refractivity contribution < 1.29 is 55.8 Å². The summed E-state index contributed by atoms with van der Waals surface area (Å²) < 4.78 is 0. The molecule has 0 saturated heterocycles. The fraction of sp³-hybridized carbons (Fsp3) is 0.240. The molecule has 3 rings (SSSR count). The zero-order valence-corrected chi connectivity index (χ0v) is 23.8. The molecular formula is C25H26Cl4N3V-3. The quantitative estimate of drug-likeness (QED) is 0.344. The Balaban J connectivity index is 0. The Hall–Kier alpha value is -1.33. The smallest absolute Gasteiger partial charge is 0.0835 e. The predicted octanol–water partition coefficient (Wildman–Crippen LogP) is -1.90. The first-order valence-electron chi connectivity index (χ1n) is 9.64. The zero-order chi connectivity index (χ0) is 21.1. The van der Waals surface area contributed by atoms with Gasteiger partial charge in [0.2, 0.25) is 0 Å². The van der Waals surface area contributed by atoms with Crippen LogP contribution in [0.2, 0.25) is 5.02 Å². The van der Waals surface area contributed by atoms with Crippen LogP contribution < -0.4 is 37.2 Å². The third-order valence-electron chi connectivity index (χ3n) is 4.75. The molecule has 0 atom stereocenters. The van der Waals surface area contributed by atoms with Crippen LogP contribution in [0, 0.1) is 41.5 Å². The molecular weight excluding hydrogens is 535 g/mol. The average molecular weight is 561 g/mol. The molecule has 2 aromatic carbocycles. The summed E-state index contributed by atoms with van der Waals surface area (Å²) in [5.74, 6) is 0. The van der Waals surface area contributed by atoms with Crippen LogP contribution in [0.5, 0.6) is 0 Å². The molecule has 3 nitrogen and oxygen atoms in total. The van der Waals surface area contributed by atoms with Crippen molar-refractivity contribution in [2.75, 3.05) is 0 Å². The molecule has 0 aliphatic heterocycles. The van der Waals surface area contributed by atoms with Gasteiger partial charge in [0.05, 0.1) is 35.2 Å². The van der Waals surface area contributed by atoms with Crippen molar-refractivity contribution in [2.45, 2.75) is 41.5 Å². The second-order valence-electron chi connectivity index (χ2n) is 7.65. The standard InChI is InChI=1S/C25H26ClN3.3ClH.V/c1-15-7-17(3)24(18(4)8-15)27-13-22-11-21(26)12-23(29-22)14-28-25-19(5)9-16(2)10-20(25)6;;;;/h7-14H,1-6H3;3*1H;/p-3. The van der Waals surface area contributed by atoms with E-state index in [2.05, 4.69) is 80.8 Å². The van der Waals surface area contributed by atoms with Crippen LogP contribution in [0.25, 0.3) is 0 Å². The number of aliphatic imine (C=N–C) groups is 2. The molecule has 0 amide bonds. The first-order chi connectivity index (χ1) is 13.7. The maximum Gasteiger partial charge on any atom is 0.0835 e. The van der Waals surface area contributed by atoms with Crippen LogP contribution >= 0.6 is 11.6 Å². The third-order valence-corrected chi connectivity index (χ3v) is 4.97. The molecule has 8 heteroatoms. The second-order valence-corrected chi connectivity index (χ2v) is 8.08. The molecule has 177 valence electrons. The number of aryl methyl sites for hydroxylation is 6. The first kappa shape index (κ1) is 33.8. The Kier molecular flexibility index (Phi) is 15.2. The van der Waals surface area contributed by atoms with Crippen LogP contribution in [0.3, 0.4) is 0 Å². The van der Waals surface area contributed by atoms with E-state index < -0.39 is 0 Å². The van der Waals surface area contributed by atoms with Crippen molar-refractivity contribution in [1.82, 2.24) is 4.98 Å². The third kappa shape index (κ3) is 9.09. The van der Waals surface area contributed by atoms with Crippen LogP contribution in [0.1, 0.15) is 44.8 Å². The van der Waals surface area contributed by atoms with Gasteiger partial charge < -0.3 is 37.2 Å². The molecule has 0 fully saturated rings. The van der Waals surface area contributed by atoms with E-state index >= 15 is 0 Å². The normalized spacial score (nSPS) is 10.3. The van der Waals surface area contributed by atoms with Gasteiger partial charge in [-0.3, -0.25) is 9.98 Å². The monoisotopic (exact) mass is 559 g/mol. The average Bonchev–Trinajstić information content (AvgIpc) is 2.59. The summed E-state index contributed by atoms with van der Waals surface area (Å²) >= 11 is 6.32. The Morgan fingerprint density at radius 1 is 0.606 bits per heavy atom. The van der Waals surface area contributed by atoms with E-state index in [1.807, 2.05) is 12.1 Å². The summed E-state index contributed by atoms with van der Waals surface area (Å²) in [6.45, 7) is 12.5. The predicted molar refractivity (Wildman–Crippen MR) is 125 cm³/mol. The number of rotatable bonds is 4. The van der Waals surface area contributed by atoms with E-state index in [0.29, 0.717) is 16.4 Å². The summed E-state index contributed by atoms with van der Waals surface area (Å²) in [6.07, 6.45) is 3.52. The summed E-state index contributed by atoms with van der Waals surface area (Å²) in [5.41, 5.74) is 10.4. The largest absolute Gasteiger partial charge is 1.00 e. The maximum atomic E-state index is 6.32. The second kappa shape index (κ2) is 14.8. The van der Waals surface area contributed by atoms with Gasteiger partial charge >= 0.3 is 0 Å². The van der Waals surface area contributed by atoms with Gasteiger partial charge in [-0.05, 0) is 75.9 Å². The molecule has 0 N–H and O–H groups in total. The van der Waals surface area contributed by atoms with Crippen molar-refractivity contribution in [1.29, 1.82) is 0 Å². The van der Waals surface area contributed by atoms with Crippen molar-refractivity contribution in [2.24, 2.45) is 9.98 Å². The minimum absolute atomic E-state index is 0. The maximum absolute atomic E-state index is 6.32. The molecule has 0 aliphatic carbocycles. The van der Waals surface area contributed by atoms with Gasteiger partial charge in [-0.15, -0.1) is 0 Å². The molecule has 3 aromatic rings. The van der Waals surface area contributed by atoms with Gasteiger partial charge in [-0.1, -0.05) is 47.0 Å². The van der Waals surface area contributed by atoms with E-state index in [0.717, 1.165) is 33.6 Å². The van der Waals surface area contributed by atoms with Crippen molar-refractivity contribution >= 4 is 35.4 Å². The first-order valence-corrected chi connectivity index (χ1v) is 10.0.